The molecule has 5 heterocycles. The van der Waals surface area contributed by atoms with Gasteiger partial charge in [0.1, 0.15) is 188 Å². The van der Waals surface area contributed by atoms with Gasteiger partial charge in [-0.1, -0.05) is 33.1 Å². The number of hydrogen-bond acceptors (Lipinski definition) is 41. The molecular formula is C65H119N6O38S2-. The number of carbonyl (C=O) groups excluding carboxylic acids is 3. The number of nitrogens with one attached hydrogen (secondary N) is 4. The van der Waals surface area contributed by atoms with Gasteiger partial charge in [0.15, 0.2) is 12.6 Å². The van der Waals surface area contributed by atoms with Crippen molar-refractivity contribution in [1.29, 1.82) is 0 Å². The van der Waals surface area contributed by atoms with Crippen molar-refractivity contribution in [3.8, 4) is 0 Å². The molecule has 0 bridgehead atoms. The predicted octanol–water partition coefficient (Wildman–Crippen LogP) is -14.4. The molecule has 41 atom stereocenters. The number of thioether (sulfide) groups is 2. The van der Waals surface area contributed by atoms with Gasteiger partial charge in [-0.25, -0.2) is 0 Å². The van der Waals surface area contributed by atoms with Gasteiger partial charge in [0.2, 0.25) is 17.7 Å². The molecule has 5 saturated heterocycles. The fourth-order valence-electron chi connectivity index (χ4n) is 14.0. The highest BCUT2D eigenvalue weighted by Gasteiger charge is 2.56. The molecule has 18 unspecified atom stereocenters. The zero-order valence-corrected chi connectivity index (χ0v) is 63.2. The summed E-state index contributed by atoms with van der Waals surface area (Å²) in [4.78, 5) is 60.3. The van der Waals surface area contributed by atoms with E-state index in [-0.39, 0.29) is 35.5 Å². The highest BCUT2D eigenvalue weighted by molar-refractivity contribution is 8.00. The van der Waals surface area contributed by atoms with Crippen molar-refractivity contribution in [3.05, 3.63) is 0 Å². The van der Waals surface area contributed by atoms with Crippen molar-refractivity contribution in [2.24, 2.45) is 29.2 Å². The number of carboxylic acid groups (broad SMARTS) is 2. The van der Waals surface area contributed by atoms with Crippen molar-refractivity contribution in [2.45, 2.75) is 323 Å². The minimum Gasteiger partial charge on any atom is -0.870 e. The van der Waals surface area contributed by atoms with E-state index in [1.807, 2.05) is 0 Å². The van der Waals surface area contributed by atoms with E-state index in [2.05, 4.69) is 35.1 Å². The molecule has 46 heteroatoms. The molecule has 3 amide bonds. The van der Waals surface area contributed by atoms with Gasteiger partial charge < -0.3 is 199 Å². The minimum atomic E-state index is -2.04. The molecule has 650 valence electrons. The summed E-state index contributed by atoms with van der Waals surface area (Å²) in [6, 6.07) is -6.93. The maximum Gasteiger partial charge on any atom is 0.321 e. The second-order valence-corrected chi connectivity index (χ2v) is 31.4. The Morgan fingerprint density at radius 2 is 1.00 bits per heavy atom. The second kappa shape index (κ2) is 46.2. The van der Waals surface area contributed by atoms with Gasteiger partial charge in [-0.15, -0.1) is 23.5 Å². The summed E-state index contributed by atoms with van der Waals surface area (Å²) in [5.74, 6) is -3.88. The number of ether oxygens (including phenoxy) is 6. The lowest BCUT2D eigenvalue weighted by Crippen LogP contribution is -2.70. The van der Waals surface area contributed by atoms with Crippen molar-refractivity contribution >= 4 is 53.2 Å². The number of amides is 3. The summed E-state index contributed by atoms with van der Waals surface area (Å²) in [5, 5.41) is 269. The van der Waals surface area contributed by atoms with E-state index in [1.54, 1.807) is 0 Å². The Labute approximate surface area is 646 Å². The van der Waals surface area contributed by atoms with Crippen LogP contribution < -0.4 is 32.7 Å². The fourth-order valence-corrected chi connectivity index (χ4v) is 16.3. The van der Waals surface area contributed by atoms with Gasteiger partial charge >= 0.3 is 11.9 Å². The van der Waals surface area contributed by atoms with Gasteiger partial charge in [0.05, 0.1) is 43.6 Å². The van der Waals surface area contributed by atoms with Crippen LogP contribution in [0.25, 0.3) is 0 Å². The number of aliphatic hydroxyl groups is 24. The van der Waals surface area contributed by atoms with Crippen LogP contribution in [0.1, 0.15) is 92.4 Å². The summed E-state index contributed by atoms with van der Waals surface area (Å²) in [6.45, 7) is 7.44. The first kappa shape index (κ1) is 100. The molecule has 111 heavy (non-hydrogen) atoms. The molecule has 0 radical (unpaired) electrons. The number of nitrogens with two attached hydrogens (primary N) is 2. The minimum absolute atomic E-state index is 0. The van der Waals surface area contributed by atoms with Gasteiger partial charge in [-0.05, 0) is 64.3 Å². The number of hydrogen-bond donors (Lipinski definition) is 32. The molecule has 0 aromatic rings. The maximum absolute atomic E-state index is 13.7. The maximum atomic E-state index is 13.7. The first-order valence-electron chi connectivity index (χ1n) is 36.4. The second-order valence-electron chi connectivity index (χ2n) is 29.1. The number of rotatable bonds is 27. The van der Waals surface area contributed by atoms with Crippen LogP contribution >= 0.6 is 23.5 Å². The topological polar surface area (TPSA) is 797 Å². The first-order chi connectivity index (χ1) is 51.5. The zero-order chi connectivity index (χ0) is 82.9. The summed E-state index contributed by atoms with van der Waals surface area (Å²) in [5.41, 5.74) is 8.63. The third-order valence-corrected chi connectivity index (χ3v) is 23.2. The standard InChI is InChI=1S/C34H59N3O18S.C12H22O10.C11H22N2O7S.C8H15NO2.H2O/c1-4-5-13-6-7-14(8-13)31(51)36-17(11(2)39)29-25(47)24(46)28(50)34(55-29)56-10-15(35-12(3)40)32(52)37-18-20(42)19(41)16(9-38)53-33(18)54-30-26(48)22(44)21(43)23(45)27(30)49;13-2-4-6(15)3(14)1-5(21-4)22-12-10(19)8(17)7(16)9(18)11(12)20;1-3(14)5(13)9-7(16)6(15)8(17)11(20-9)21-2-4(12)10(18)19;1-2-3-6-4-7(8(10)11)9-5-6;/h11,13-30,33-34,38-39,41-50H,4-10H2,1-3H3,(H,35,40)(H,36,51)(H,37,52);3-20H,1-2H2;3-9,11,14-17H,2,12-13H2,1H3,(H,18,19);6-7,9H,2-5H2,1H3,(H,10,11);1H2/p-1/t11-,13?,14+,15+,16?,17-,18?,19-,20-,21?,22?,23?,24+,25-,26-,27?,28?,29?,30?,33-,34-;3-,4?,5-,6+,7?,8?,9?,10-,11?,12?;3-,4+,5-,6+,7-,8?,9?,11-;6-,7+;/m1111./s1. The van der Waals surface area contributed by atoms with Crippen LogP contribution in [-0.2, 0) is 52.4 Å². The normalized spacial score (nSPS) is 42.6. The Morgan fingerprint density at radius 3 is 1.47 bits per heavy atom. The van der Waals surface area contributed by atoms with Crippen LogP contribution in [0, 0.1) is 17.8 Å². The Bertz CT molecular complexity index is 2770. The van der Waals surface area contributed by atoms with E-state index >= 15 is 0 Å². The van der Waals surface area contributed by atoms with Crippen LogP contribution in [0.3, 0.4) is 0 Å². The van der Waals surface area contributed by atoms with E-state index in [4.69, 9.17) is 55.2 Å². The van der Waals surface area contributed by atoms with Crippen LogP contribution in [-0.4, -0.2) is 430 Å². The lowest BCUT2D eigenvalue weighted by Gasteiger charge is -2.47. The van der Waals surface area contributed by atoms with Crippen LogP contribution in [0.15, 0.2) is 0 Å². The summed E-state index contributed by atoms with van der Waals surface area (Å²) < 4.78 is 32.9. The molecule has 35 N–H and O–H groups in total. The molecule has 0 aromatic heterocycles. The molecule has 44 nitrogen and oxygen atoms in total. The number of carboxylic acids is 2. The summed E-state index contributed by atoms with van der Waals surface area (Å²) in [6.07, 6.45) is -41.8. The van der Waals surface area contributed by atoms with Crippen LogP contribution in [0.5, 0.6) is 0 Å². The Hall–Kier alpha value is -3.31. The number of carbonyl (C=O) groups is 5. The van der Waals surface area contributed by atoms with Gasteiger partial charge in [0.25, 0.3) is 0 Å². The first-order valence-corrected chi connectivity index (χ1v) is 38.5. The lowest BCUT2D eigenvalue weighted by atomic mass is 9.84. The quantitative estimate of drug-likeness (QED) is 0.0363. The molecule has 0 aromatic carbocycles. The fraction of sp³-hybridized carbons (Fsp3) is 0.923. The summed E-state index contributed by atoms with van der Waals surface area (Å²) >= 11 is 1.60. The Balaban J connectivity index is 0.000000382. The van der Waals surface area contributed by atoms with Crippen LogP contribution in [0.4, 0.5) is 0 Å². The highest BCUT2D eigenvalue weighted by atomic mass is 32.2. The van der Waals surface area contributed by atoms with Crippen molar-refractivity contribution in [1.82, 2.24) is 21.3 Å². The van der Waals surface area contributed by atoms with Crippen molar-refractivity contribution < 1.29 is 191 Å². The zero-order valence-electron chi connectivity index (χ0n) is 61.6. The smallest absolute Gasteiger partial charge is 0.321 e. The van der Waals surface area contributed by atoms with Crippen molar-refractivity contribution in [2.75, 3.05) is 31.3 Å². The van der Waals surface area contributed by atoms with Crippen molar-refractivity contribution in [3.63, 3.8) is 0 Å². The highest BCUT2D eigenvalue weighted by Crippen LogP contribution is 2.38. The molecule has 3 aliphatic carbocycles. The van der Waals surface area contributed by atoms with Gasteiger partial charge in [-0.3, -0.25) is 24.0 Å². The number of aliphatic carboxylic acids is 2. The van der Waals surface area contributed by atoms with Crippen LogP contribution in [0.2, 0.25) is 0 Å². The Kier molecular flexibility index (Phi) is 41.6. The largest absolute Gasteiger partial charge is 0.870 e. The monoisotopic (exact) mass is 1660 g/mol. The molecule has 3 saturated carbocycles. The molecule has 8 fully saturated rings. The molecule has 5 aliphatic heterocycles. The average molecular weight is 1660 g/mol. The van der Waals surface area contributed by atoms with Gasteiger partial charge in [0, 0.05) is 30.8 Å². The van der Waals surface area contributed by atoms with Gasteiger partial charge in [-0.2, -0.15) is 0 Å². The van der Waals surface area contributed by atoms with E-state index in [1.165, 1.54) is 13.8 Å². The third-order valence-electron chi connectivity index (χ3n) is 20.7. The number of aliphatic hydroxyl groups excluding tert-OH is 24. The molecule has 0 spiro atoms. The SMILES string of the molecule is CCCC1CC[C@H](C(=O)N[C@@H](C2O[C@H](SC[C@H](NC(C)=O)C(=O)NC3[C@@H](OC4C(O)C(O)C(O)C(O)[C@H]4O)OC(CO)[C@@H](O)[C@@H]3O)C(O)[C@@H](O)[C@H]2O)[C@@H](C)O)C1.CCC[C@H]1CN[C@H](C(=O)O)C1.C[C@@H](O)[C@@H](N)C1O[C@H](SC[C@H](N)C(=O)O)C(O)[C@@H](O)[C@H]1O.OCC1O[C@H](OC2C(O)C(O)C(O)C(O)[C@H]2O)C[C@@H](O)[C@@H]1O.[OH-]. The van der Waals surface area contributed by atoms with E-state index in [9.17, 15) is 141 Å². The van der Waals surface area contributed by atoms with E-state index in [0.717, 1.165) is 63.8 Å². The molecule has 8 rings (SSSR count). The average Bonchev–Trinajstić information content (AvgIpc) is 1.49. The van der Waals surface area contributed by atoms with E-state index in [0.29, 0.717) is 36.4 Å². The molecular weight excluding hydrogens is 1540 g/mol. The molecule has 8 aliphatic rings. The Morgan fingerprint density at radius 1 is 0.532 bits per heavy atom. The predicted molar refractivity (Wildman–Crippen MR) is 377 cm³/mol. The third kappa shape index (κ3) is 26.3. The summed E-state index contributed by atoms with van der Waals surface area (Å²) in [7, 11) is 0. The van der Waals surface area contributed by atoms with E-state index < -0.39 is 267 Å². The lowest BCUT2D eigenvalue weighted by molar-refractivity contribution is -0.319.